The van der Waals surface area contributed by atoms with Gasteiger partial charge in [-0.05, 0) is 30.0 Å². The fourth-order valence-electron chi connectivity index (χ4n) is 1.51. The standard InChI is InChI=1S/C15H22ClNO2/c1-12(2)7-9-19-10-8-17-15(18)14-5-3-13(11-16)4-6-14/h3-6,12H,7-11H2,1-2H3,(H,17,18). The van der Waals surface area contributed by atoms with Crippen LogP contribution in [0.5, 0.6) is 0 Å². The minimum Gasteiger partial charge on any atom is -0.380 e. The first-order chi connectivity index (χ1) is 9.13. The number of amides is 1. The van der Waals surface area contributed by atoms with E-state index >= 15 is 0 Å². The summed E-state index contributed by atoms with van der Waals surface area (Å²) < 4.78 is 5.44. The fraction of sp³-hybridized carbons (Fsp3) is 0.533. The smallest absolute Gasteiger partial charge is 0.251 e. The number of carbonyl (C=O) groups is 1. The van der Waals surface area contributed by atoms with Crippen LogP contribution in [0.1, 0.15) is 36.2 Å². The van der Waals surface area contributed by atoms with Crippen LogP contribution in [-0.4, -0.2) is 25.7 Å². The number of nitrogens with one attached hydrogen (secondary N) is 1. The second-order valence-corrected chi connectivity index (χ2v) is 5.15. The van der Waals surface area contributed by atoms with Crippen LogP contribution in [0.25, 0.3) is 0 Å². The third kappa shape index (κ3) is 6.60. The van der Waals surface area contributed by atoms with Gasteiger partial charge in [-0.1, -0.05) is 26.0 Å². The molecule has 106 valence electrons. The zero-order chi connectivity index (χ0) is 14.1. The summed E-state index contributed by atoms with van der Waals surface area (Å²) >= 11 is 5.70. The molecule has 0 saturated carbocycles. The van der Waals surface area contributed by atoms with Gasteiger partial charge in [0.15, 0.2) is 0 Å². The van der Waals surface area contributed by atoms with E-state index in [1.807, 2.05) is 12.1 Å². The van der Waals surface area contributed by atoms with E-state index in [9.17, 15) is 4.79 Å². The van der Waals surface area contributed by atoms with Crippen molar-refractivity contribution in [2.75, 3.05) is 19.8 Å². The van der Waals surface area contributed by atoms with Crippen LogP contribution in [0.3, 0.4) is 0 Å². The summed E-state index contributed by atoms with van der Waals surface area (Å²) in [7, 11) is 0. The summed E-state index contributed by atoms with van der Waals surface area (Å²) in [4.78, 5) is 11.8. The molecule has 0 saturated heterocycles. The van der Waals surface area contributed by atoms with Crippen molar-refractivity contribution in [1.29, 1.82) is 0 Å². The van der Waals surface area contributed by atoms with Crippen molar-refractivity contribution >= 4 is 17.5 Å². The Morgan fingerprint density at radius 2 is 1.95 bits per heavy atom. The quantitative estimate of drug-likeness (QED) is 0.588. The van der Waals surface area contributed by atoms with Crippen LogP contribution in [0.15, 0.2) is 24.3 Å². The summed E-state index contributed by atoms with van der Waals surface area (Å²) in [5.74, 6) is 1.04. The van der Waals surface area contributed by atoms with Gasteiger partial charge in [-0.2, -0.15) is 0 Å². The molecule has 1 amide bonds. The molecule has 1 aromatic rings. The maximum absolute atomic E-state index is 11.8. The lowest BCUT2D eigenvalue weighted by Crippen LogP contribution is -2.27. The highest BCUT2D eigenvalue weighted by Crippen LogP contribution is 2.06. The summed E-state index contributed by atoms with van der Waals surface area (Å²) in [6.07, 6.45) is 1.05. The Labute approximate surface area is 120 Å². The van der Waals surface area contributed by atoms with E-state index in [0.717, 1.165) is 18.6 Å². The van der Waals surface area contributed by atoms with Gasteiger partial charge in [-0.25, -0.2) is 0 Å². The topological polar surface area (TPSA) is 38.3 Å². The number of ether oxygens (including phenoxy) is 1. The van der Waals surface area contributed by atoms with Gasteiger partial charge < -0.3 is 10.1 Å². The summed E-state index contributed by atoms with van der Waals surface area (Å²) in [5.41, 5.74) is 1.66. The molecule has 0 aliphatic rings. The Morgan fingerprint density at radius 1 is 1.26 bits per heavy atom. The number of carbonyl (C=O) groups excluding carboxylic acids is 1. The van der Waals surface area contributed by atoms with Gasteiger partial charge in [0.05, 0.1) is 6.61 Å². The number of rotatable bonds is 8. The van der Waals surface area contributed by atoms with Crippen LogP contribution < -0.4 is 5.32 Å². The molecular formula is C15H22ClNO2. The fourth-order valence-corrected chi connectivity index (χ4v) is 1.68. The lowest BCUT2D eigenvalue weighted by atomic mass is 10.1. The Morgan fingerprint density at radius 3 is 2.53 bits per heavy atom. The van der Waals surface area contributed by atoms with Crippen LogP contribution in [-0.2, 0) is 10.6 Å². The van der Waals surface area contributed by atoms with Crippen LogP contribution in [0, 0.1) is 5.92 Å². The average molecular weight is 284 g/mol. The molecule has 1 rings (SSSR count). The van der Waals surface area contributed by atoms with Crippen molar-refractivity contribution < 1.29 is 9.53 Å². The van der Waals surface area contributed by atoms with Crippen molar-refractivity contribution in [2.24, 2.45) is 5.92 Å². The molecule has 19 heavy (non-hydrogen) atoms. The largest absolute Gasteiger partial charge is 0.380 e. The maximum Gasteiger partial charge on any atom is 0.251 e. The molecule has 0 radical (unpaired) electrons. The molecule has 0 atom stereocenters. The molecule has 0 aliphatic heterocycles. The zero-order valence-corrected chi connectivity index (χ0v) is 12.4. The number of halogens is 1. The molecule has 1 aromatic carbocycles. The highest BCUT2D eigenvalue weighted by molar-refractivity contribution is 6.17. The molecule has 0 unspecified atom stereocenters. The SMILES string of the molecule is CC(C)CCOCCNC(=O)c1ccc(CCl)cc1. The molecule has 0 bridgehead atoms. The first-order valence-electron chi connectivity index (χ1n) is 6.64. The molecule has 3 nitrogen and oxygen atoms in total. The number of hydrogen-bond donors (Lipinski definition) is 1. The average Bonchev–Trinajstić information content (AvgIpc) is 2.42. The molecule has 0 aromatic heterocycles. The van der Waals surface area contributed by atoms with Gasteiger partial charge in [0.1, 0.15) is 0 Å². The second-order valence-electron chi connectivity index (χ2n) is 4.88. The first-order valence-corrected chi connectivity index (χ1v) is 7.17. The summed E-state index contributed by atoms with van der Waals surface area (Å²) in [6, 6.07) is 7.29. The molecule has 0 spiro atoms. The lowest BCUT2D eigenvalue weighted by molar-refractivity contribution is 0.0906. The highest BCUT2D eigenvalue weighted by Gasteiger charge is 2.04. The van der Waals surface area contributed by atoms with Crippen molar-refractivity contribution in [2.45, 2.75) is 26.1 Å². The van der Waals surface area contributed by atoms with Gasteiger partial charge in [0.25, 0.3) is 5.91 Å². The van der Waals surface area contributed by atoms with E-state index in [2.05, 4.69) is 19.2 Å². The second kappa shape index (κ2) is 8.94. The van der Waals surface area contributed by atoms with Gasteiger partial charge in [-0.3, -0.25) is 4.79 Å². The third-order valence-corrected chi connectivity index (χ3v) is 3.05. The minimum atomic E-state index is -0.0754. The number of hydrogen-bond acceptors (Lipinski definition) is 2. The van der Waals surface area contributed by atoms with Crippen molar-refractivity contribution in [3.63, 3.8) is 0 Å². The van der Waals surface area contributed by atoms with Crippen LogP contribution in [0.2, 0.25) is 0 Å². The van der Waals surface area contributed by atoms with Gasteiger partial charge in [0.2, 0.25) is 0 Å². The molecule has 1 N–H and O–H groups in total. The highest BCUT2D eigenvalue weighted by atomic mass is 35.5. The Hall–Kier alpha value is -1.06. The normalized spacial score (nSPS) is 10.7. The van der Waals surface area contributed by atoms with Crippen molar-refractivity contribution in [3.05, 3.63) is 35.4 Å². The first kappa shape index (κ1) is 16.0. The molecule has 0 fully saturated rings. The van der Waals surface area contributed by atoms with Gasteiger partial charge in [0, 0.05) is 24.6 Å². The number of benzene rings is 1. The van der Waals surface area contributed by atoms with Gasteiger partial charge >= 0.3 is 0 Å². The minimum absolute atomic E-state index is 0.0754. The predicted molar refractivity (Wildman–Crippen MR) is 78.6 cm³/mol. The molecular weight excluding hydrogens is 262 g/mol. The number of alkyl halides is 1. The lowest BCUT2D eigenvalue weighted by Gasteiger charge is -2.08. The molecule has 4 heteroatoms. The molecule has 0 aliphatic carbocycles. The Kier molecular flexibility index (Phi) is 7.53. The van der Waals surface area contributed by atoms with Crippen molar-refractivity contribution in [1.82, 2.24) is 5.32 Å². The van der Waals surface area contributed by atoms with Crippen LogP contribution in [0.4, 0.5) is 0 Å². The van der Waals surface area contributed by atoms with Crippen LogP contribution >= 0.6 is 11.6 Å². The zero-order valence-electron chi connectivity index (χ0n) is 11.6. The van der Waals surface area contributed by atoms with E-state index in [1.54, 1.807) is 12.1 Å². The van der Waals surface area contributed by atoms with E-state index in [-0.39, 0.29) is 5.91 Å². The Bertz CT molecular complexity index is 376. The molecule has 0 heterocycles. The summed E-state index contributed by atoms with van der Waals surface area (Å²) in [6.45, 7) is 6.16. The third-order valence-electron chi connectivity index (χ3n) is 2.74. The monoisotopic (exact) mass is 283 g/mol. The van der Waals surface area contributed by atoms with Crippen molar-refractivity contribution in [3.8, 4) is 0 Å². The maximum atomic E-state index is 11.8. The van der Waals surface area contributed by atoms with E-state index < -0.39 is 0 Å². The predicted octanol–water partition coefficient (Wildman–Crippen LogP) is 3.22. The van der Waals surface area contributed by atoms with E-state index in [1.165, 1.54) is 0 Å². The van der Waals surface area contributed by atoms with E-state index in [0.29, 0.717) is 30.5 Å². The Balaban J connectivity index is 2.20. The van der Waals surface area contributed by atoms with Gasteiger partial charge in [-0.15, -0.1) is 11.6 Å². The summed E-state index contributed by atoms with van der Waals surface area (Å²) in [5, 5.41) is 2.83. The van der Waals surface area contributed by atoms with E-state index in [4.69, 9.17) is 16.3 Å².